The van der Waals surface area contributed by atoms with E-state index in [0.29, 0.717) is 5.69 Å². The Hall–Kier alpha value is -3.23. The molecule has 0 aliphatic rings. The molecule has 2 rings (SSSR count). The number of nitrogens with zero attached hydrogens (tertiary/aromatic N) is 4. The summed E-state index contributed by atoms with van der Waals surface area (Å²) in [5, 5.41) is 24.0. The van der Waals surface area contributed by atoms with Gasteiger partial charge in [0.1, 0.15) is 6.54 Å². The van der Waals surface area contributed by atoms with E-state index in [2.05, 4.69) is 5.10 Å². The first-order valence-electron chi connectivity index (χ1n) is 7.59. The number of carboxylic acids is 1. The molecule has 0 bridgehead atoms. The summed E-state index contributed by atoms with van der Waals surface area (Å²) in [6.45, 7) is 3.63. The fourth-order valence-electron chi connectivity index (χ4n) is 2.32. The highest BCUT2D eigenvalue weighted by Gasteiger charge is 2.22. The first kappa shape index (κ1) is 18.1. The maximum atomic E-state index is 12.5. The number of non-ortho nitro benzene ring substituents is 1. The van der Waals surface area contributed by atoms with E-state index in [1.165, 1.54) is 40.0 Å². The topological polar surface area (TPSA) is 119 Å². The summed E-state index contributed by atoms with van der Waals surface area (Å²) in [7, 11) is 0. The van der Waals surface area contributed by atoms with Crippen LogP contribution in [-0.2, 0) is 4.79 Å². The summed E-state index contributed by atoms with van der Waals surface area (Å²) < 4.78 is 1.34. The second-order valence-electron chi connectivity index (χ2n) is 5.90. The predicted octanol–water partition coefficient (Wildman–Crippen LogP) is 1.96. The molecular formula is C16H18N4O5. The Morgan fingerprint density at radius 2 is 2.08 bits per heavy atom. The lowest BCUT2D eigenvalue weighted by atomic mass is 10.2. The van der Waals surface area contributed by atoms with Crippen molar-refractivity contribution in [3.8, 4) is 5.69 Å². The van der Waals surface area contributed by atoms with Gasteiger partial charge in [0.2, 0.25) is 0 Å². The Morgan fingerprint density at radius 1 is 1.36 bits per heavy atom. The summed E-state index contributed by atoms with van der Waals surface area (Å²) in [5.41, 5.74) is 0.420. The van der Waals surface area contributed by atoms with Gasteiger partial charge < -0.3 is 10.0 Å². The Morgan fingerprint density at radius 3 is 2.68 bits per heavy atom. The number of nitro groups is 1. The van der Waals surface area contributed by atoms with E-state index in [1.807, 2.05) is 13.8 Å². The van der Waals surface area contributed by atoms with Crippen molar-refractivity contribution in [1.29, 1.82) is 0 Å². The van der Waals surface area contributed by atoms with Gasteiger partial charge in [-0.25, -0.2) is 4.68 Å². The average molecular weight is 346 g/mol. The van der Waals surface area contributed by atoms with E-state index in [9.17, 15) is 19.7 Å². The molecule has 0 aliphatic carbocycles. The van der Waals surface area contributed by atoms with Crippen molar-refractivity contribution in [2.45, 2.75) is 13.8 Å². The van der Waals surface area contributed by atoms with Crippen LogP contribution >= 0.6 is 0 Å². The highest BCUT2D eigenvalue weighted by molar-refractivity contribution is 5.94. The van der Waals surface area contributed by atoms with Crippen molar-refractivity contribution in [3.05, 3.63) is 52.3 Å². The molecule has 1 N–H and O–H groups in total. The third kappa shape index (κ3) is 4.63. The van der Waals surface area contributed by atoms with E-state index in [4.69, 9.17) is 5.11 Å². The van der Waals surface area contributed by atoms with Crippen LogP contribution in [0.2, 0.25) is 0 Å². The number of amides is 1. The fraction of sp³-hybridized carbons (Fsp3) is 0.312. The zero-order valence-corrected chi connectivity index (χ0v) is 13.8. The average Bonchev–Trinajstić information content (AvgIpc) is 3.02. The molecule has 1 aromatic heterocycles. The van der Waals surface area contributed by atoms with Gasteiger partial charge in [0.05, 0.1) is 10.6 Å². The lowest BCUT2D eigenvalue weighted by Crippen LogP contribution is -2.38. The largest absolute Gasteiger partial charge is 0.480 e. The van der Waals surface area contributed by atoms with Crippen molar-refractivity contribution >= 4 is 17.6 Å². The molecule has 2 aromatic rings. The predicted molar refractivity (Wildman–Crippen MR) is 88.6 cm³/mol. The number of hydrogen-bond acceptors (Lipinski definition) is 5. The SMILES string of the molecule is CC(C)CN(CC(=O)O)C(=O)c1ccn(-c2cccc([N+](=O)[O-])c2)n1. The monoisotopic (exact) mass is 346 g/mol. The molecule has 0 unspecified atom stereocenters. The molecule has 1 aromatic carbocycles. The number of carbonyl (C=O) groups is 2. The van der Waals surface area contributed by atoms with Gasteiger partial charge in [-0.15, -0.1) is 0 Å². The Labute approximate surface area is 143 Å². The lowest BCUT2D eigenvalue weighted by molar-refractivity contribution is -0.384. The second kappa shape index (κ2) is 7.56. The second-order valence-corrected chi connectivity index (χ2v) is 5.90. The number of carbonyl (C=O) groups excluding carboxylic acids is 1. The maximum Gasteiger partial charge on any atom is 0.323 e. The van der Waals surface area contributed by atoms with E-state index in [1.54, 1.807) is 6.07 Å². The molecule has 1 heterocycles. The number of benzene rings is 1. The van der Waals surface area contributed by atoms with Gasteiger partial charge in [0.25, 0.3) is 11.6 Å². The maximum absolute atomic E-state index is 12.5. The number of aliphatic carboxylic acids is 1. The van der Waals surface area contributed by atoms with Gasteiger partial charge in [0, 0.05) is 24.9 Å². The molecule has 0 spiro atoms. The van der Waals surface area contributed by atoms with E-state index < -0.39 is 23.3 Å². The number of aromatic nitrogens is 2. The van der Waals surface area contributed by atoms with E-state index in [-0.39, 0.29) is 23.8 Å². The van der Waals surface area contributed by atoms with E-state index in [0.717, 1.165) is 0 Å². The number of rotatable bonds is 7. The Balaban J connectivity index is 2.26. The molecule has 0 aliphatic heterocycles. The lowest BCUT2D eigenvalue weighted by Gasteiger charge is -2.21. The van der Waals surface area contributed by atoms with Crippen LogP contribution in [0.3, 0.4) is 0 Å². The van der Waals surface area contributed by atoms with Crippen molar-refractivity contribution in [2.75, 3.05) is 13.1 Å². The molecule has 0 radical (unpaired) electrons. The van der Waals surface area contributed by atoms with Crippen LogP contribution in [0.15, 0.2) is 36.5 Å². The van der Waals surface area contributed by atoms with Gasteiger partial charge in [-0.05, 0) is 18.1 Å². The minimum Gasteiger partial charge on any atom is -0.480 e. The summed E-state index contributed by atoms with van der Waals surface area (Å²) in [5.74, 6) is -1.51. The van der Waals surface area contributed by atoms with Crippen LogP contribution in [0.25, 0.3) is 5.69 Å². The summed E-state index contributed by atoms with van der Waals surface area (Å²) >= 11 is 0. The van der Waals surface area contributed by atoms with Gasteiger partial charge >= 0.3 is 5.97 Å². The normalized spacial score (nSPS) is 10.7. The third-order valence-corrected chi connectivity index (χ3v) is 3.31. The van der Waals surface area contributed by atoms with Crippen molar-refractivity contribution < 1.29 is 19.6 Å². The van der Waals surface area contributed by atoms with Crippen molar-refractivity contribution in [1.82, 2.24) is 14.7 Å². The smallest absolute Gasteiger partial charge is 0.323 e. The zero-order chi connectivity index (χ0) is 18.6. The number of hydrogen-bond donors (Lipinski definition) is 1. The van der Waals surface area contributed by atoms with Gasteiger partial charge in [-0.1, -0.05) is 19.9 Å². The van der Waals surface area contributed by atoms with Crippen molar-refractivity contribution in [2.24, 2.45) is 5.92 Å². The quantitative estimate of drug-likeness (QED) is 0.605. The van der Waals surface area contributed by atoms with Gasteiger partial charge in [-0.2, -0.15) is 5.10 Å². The molecule has 1 amide bonds. The standard InChI is InChI=1S/C16H18N4O5/c1-11(2)9-18(10-15(21)22)16(23)14-6-7-19(17-14)12-4-3-5-13(8-12)20(24)25/h3-8,11H,9-10H2,1-2H3,(H,21,22). The first-order chi connectivity index (χ1) is 11.8. The molecule has 0 fully saturated rings. The summed E-state index contributed by atoms with van der Waals surface area (Å²) in [4.78, 5) is 35.0. The van der Waals surface area contributed by atoms with Crippen LogP contribution in [0.5, 0.6) is 0 Å². The number of nitro benzene ring substituents is 1. The zero-order valence-electron chi connectivity index (χ0n) is 13.8. The Kier molecular flexibility index (Phi) is 5.48. The third-order valence-electron chi connectivity index (χ3n) is 3.31. The molecule has 25 heavy (non-hydrogen) atoms. The molecule has 0 saturated carbocycles. The minimum atomic E-state index is -1.10. The summed E-state index contributed by atoms with van der Waals surface area (Å²) in [6, 6.07) is 7.29. The molecular weight excluding hydrogens is 328 g/mol. The Bertz CT molecular complexity index is 799. The highest BCUT2D eigenvalue weighted by Crippen LogP contribution is 2.17. The highest BCUT2D eigenvalue weighted by atomic mass is 16.6. The van der Waals surface area contributed by atoms with E-state index >= 15 is 0 Å². The molecule has 9 heteroatoms. The summed E-state index contributed by atoms with van der Waals surface area (Å²) in [6.07, 6.45) is 1.50. The van der Waals surface area contributed by atoms with Crippen molar-refractivity contribution in [3.63, 3.8) is 0 Å². The fourth-order valence-corrected chi connectivity index (χ4v) is 2.32. The van der Waals surface area contributed by atoms with Crippen LogP contribution in [0.4, 0.5) is 5.69 Å². The van der Waals surface area contributed by atoms with Crippen LogP contribution in [0, 0.1) is 16.0 Å². The molecule has 0 atom stereocenters. The van der Waals surface area contributed by atoms with Gasteiger partial charge in [0.15, 0.2) is 5.69 Å². The van der Waals surface area contributed by atoms with Crippen LogP contribution in [0.1, 0.15) is 24.3 Å². The molecule has 0 saturated heterocycles. The minimum absolute atomic E-state index is 0.0772. The van der Waals surface area contributed by atoms with Crippen LogP contribution < -0.4 is 0 Å². The number of carboxylic acid groups (broad SMARTS) is 1. The first-order valence-corrected chi connectivity index (χ1v) is 7.59. The van der Waals surface area contributed by atoms with Crippen LogP contribution in [-0.4, -0.2) is 49.7 Å². The molecule has 132 valence electrons. The van der Waals surface area contributed by atoms with Gasteiger partial charge in [-0.3, -0.25) is 19.7 Å². The molecule has 9 nitrogen and oxygen atoms in total.